The van der Waals surface area contributed by atoms with Crippen LogP contribution >= 0.6 is 0 Å². The molecular formula is C18H25NO2. The third-order valence-electron chi connectivity index (χ3n) is 5.02. The molecule has 21 heavy (non-hydrogen) atoms. The fourth-order valence-corrected chi connectivity index (χ4v) is 3.83. The Morgan fingerprint density at radius 3 is 2.86 bits per heavy atom. The topological polar surface area (TPSA) is 29.5 Å². The Labute approximate surface area is 127 Å². The molecule has 2 aliphatic rings. The van der Waals surface area contributed by atoms with Gasteiger partial charge in [0.05, 0.1) is 12.2 Å². The number of benzene rings is 1. The Morgan fingerprint density at radius 2 is 2.00 bits per heavy atom. The van der Waals surface area contributed by atoms with Gasteiger partial charge in [-0.25, -0.2) is 4.79 Å². The second kappa shape index (κ2) is 6.61. The van der Waals surface area contributed by atoms with Crippen LogP contribution in [0.15, 0.2) is 24.3 Å². The monoisotopic (exact) mass is 287 g/mol. The van der Waals surface area contributed by atoms with Crippen molar-refractivity contribution in [1.29, 1.82) is 0 Å². The molecule has 0 spiro atoms. The van der Waals surface area contributed by atoms with Crippen molar-refractivity contribution in [2.75, 3.05) is 19.7 Å². The number of piperidine rings is 2. The number of hydrogen-bond acceptors (Lipinski definition) is 3. The molecule has 0 bridgehead atoms. The van der Waals surface area contributed by atoms with Crippen molar-refractivity contribution < 1.29 is 9.53 Å². The van der Waals surface area contributed by atoms with E-state index in [9.17, 15) is 4.79 Å². The molecule has 3 rings (SSSR count). The molecule has 0 aromatic heterocycles. The molecule has 2 aliphatic heterocycles. The molecule has 114 valence electrons. The van der Waals surface area contributed by atoms with Crippen LogP contribution in [0.2, 0.25) is 0 Å². The first kappa shape index (κ1) is 14.6. The van der Waals surface area contributed by atoms with Gasteiger partial charge >= 0.3 is 5.97 Å². The van der Waals surface area contributed by atoms with Gasteiger partial charge in [-0.05, 0) is 57.3 Å². The van der Waals surface area contributed by atoms with Crippen molar-refractivity contribution in [2.24, 2.45) is 5.92 Å². The van der Waals surface area contributed by atoms with Gasteiger partial charge in [0.15, 0.2) is 0 Å². The number of fused-ring (bicyclic) bond motifs is 1. The third kappa shape index (κ3) is 3.29. The fourth-order valence-electron chi connectivity index (χ4n) is 3.83. The van der Waals surface area contributed by atoms with Gasteiger partial charge in [0.25, 0.3) is 0 Å². The van der Waals surface area contributed by atoms with Gasteiger partial charge in [-0.1, -0.05) is 24.6 Å². The minimum atomic E-state index is -0.166. The third-order valence-corrected chi connectivity index (χ3v) is 5.02. The van der Waals surface area contributed by atoms with Crippen LogP contribution < -0.4 is 0 Å². The van der Waals surface area contributed by atoms with E-state index in [1.54, 1.807) is 0 Å². The molecule has 0 radical (unpaired) electrons. The van der Waals surface area contributed by atoms with Crippen LogP contribution in [0.3, 0.4) is 0 Å². The van der Waals surface area contributed by atoms with Crippen LogP contribution in [-0.4, -0.2) is 36.6 Å². The molecule has 2 saturated heterocycles. The Bertz CT molecular complexity index is 498. The van der Waals surface area contributed by atoms with Gasteiger partial charge in [-0.3, -0.25) is 4.90 Å². The standard InChI is InChI=1S/C18H25NO2/c1-14-7-2-3-9-16(14)18(20)21-13-15-8-6-12-19-11-5-4-10-17(15)19/h2-3,7,9,15,17H,4-6,8,10-13H2,1H3/t15-,17+/m1/s1. The van der Waals surface area contributed by atoms with Gasteiger partial charge in [0.2, 0.25) is 0 Å². The highest BCUT2D eigenvalue weighted by molar-refractivity contribution is 5.90. The van der Waals surface area contributed by atoms with Gasteiger partial charge in [0.1, 0.15) is 0 Å². The largest absolute Gasteiger partial charge is 0.462 e. The van der Waals surface area contributed by atoms with Crippen molar-refractivity contribution in [3.05, 3.63) is 35.4 Å². The van der Waals surface area contributed by atoms with Crippen molar-refractivity contribution in [1.82, 2.24) is 4.90 Å². The number of hydrogen-bond donors (Lipinski definition) is 0. The molecule has 2 fully saturated rings. The van der Waals surface area contributed by atoms with Crippen LogP contribution in [0.4, 0.5) is 0 Å². The number of rotatable bonds is 3. The van der Waals surface area contributed by atoms with Gasteiger partial charge < -0.3 is 4.74 Å². The Kier molecular flexibility index (Phi) is 4.59. The summed E-state index contributed by atoms with van der Waals surface area (Å²) in [4.78, 5) is 14.8. The van der Waals surface area contributed by atoms with Crippen LogP contribution in [0, 0.1) is 12.8 Å². The average molecular weight is 287 g/mol. The lowest BCUT2D eigenvalue weighted by molar-refractivity contribution is 0.00734. The summed E-state index contributed by atoms with van der Waals surface area (Å²) < 4.78 is 5.63. The summed E-state index contributed by atoms with van der Waals surface area (Å²) in [5.74, 6) is 0.355. The molecule has 1 aromatic carbocycles. The number of esters is 1. The summed E-state index contributed by atoms with van der Waals surface area (Å²) in [6.07, 6.45) is 6.35. The molecule has 3 nitrogen and oxygen atoms in total. The number of carbonyl (C=O) groups is 1. The van der Waals surface area contributed by atoms with Crippen LogP contribution in [0.1, 0.15) is 48.0 Å². The first-order chi connectivity index (χ1) is 10.3. The Morgan fingerprint density at radius 1 is 1.19 bits per heavy atom. The normalized spacial score (nSPS) is 26.1. The number of carbonyl (C=O) groups excluding carboxylic acids is 1. The zero-order valence-electron chi connectivity index (χ0n) is 12.9. The molecule has 3 heteroatoms. The number of ether oxygens (including phenoxy) is 1. The molecule has 0 saturated carbocycles. The highest BCUT2D eigenvalue weighted by Gasteiger charge is 2.33. The smallest absolute Gasteiger partial charge is 0.338 e. The van der Waals surface area contributed by atoms with Gasteiger partial charge in [-0.2, -0.15) is 0 Å². The van der Waals surface area contributed by atoms with Crippen LogP contribution in [0.5, 0.6) is 0 Å². The SMILES string of the molecule is Cc1ccccc1C(=O)OC[C@H]1CCCN2CCCC[C@@H]12. The van der Waals surface area contributed by atoms with E-state index < -0.39 is 0 Å². The van der Waals surface area contributed by atoms with Crippen molar-refractivity contribution >= 4 is 5.97 Å². The second-order valence-electron chi connectivity index (χ2n) is 6.41. The summed E-state index contributed by atoms with van der Waals surface area (Å²) in [7, 11) is 0. The van der Waals surface area contributed by atoms with Gasteiger partial charge in [-0.15, -0.1) is 0 Å². The Hall–Kier alpha value is -1.35. The van der Waals surface area contributed by atoms with Crippen molar-refractivity contribution in [3.8, 4) is 0 Å². The zero-order chi connectivity index (χ0) is 14.7. The van der Waals surface area contributed by atoms with E-state index in [2.05, 4.69) is 4.90 Å². The first-order valence-corrected chi connectivity index (χ1v) is 8.22. The quantitative estimate of drug-likeness (QED) is 0.798. The average Bonchev–Trinajstić information content (AvgIpc) is 2.53. The zero-order valence-corrected chi connectivity index (χ0v) is 12.9. The molecule has 0 unspecified atom stereocenters. The predicted octanol–water partition coefficient (Wildman–Crippen LogP) is 3.42. The first-order valence-electron chi connectivity index (χ1n) is 8.22. The highest BCUT2D eigenvalue weighted by atomic mass is 16.5. The molecule has 1 aromatic rings. The second-order valence-corrected chi connectivity index (χ2v) is 6.41. The van der Waals surface area contributed by atoms with Crippen molar-refractivity contribution in [2.45, 2.75) is 45.1 Å². The fraction of sp³-hybridized carbons (Fsp3) is 0.611. The van der Waals surface area contributed by atoms with E-state index in [-0.39, 0.29) is 5.97 Å². The van der Waals surface area contributed by atoms with E-state index >= 15 is 0 Å². The van der Waals surface area contributed by atoms with E-state index in [0.717, 1.165) is 5.56 Å². The maximum atomic E-state index is 12.2. The number of nitrogens with zero attached hydrogens (tertiary/aromatic N) is 1. The molecule has 0 amide bonds. The molecule has 2 heterocycles. The summed E-state index contributed by atoms with van der Waals surface area (Å²) in [5, 5.41) is 0. The van der Waals surface area contributed by atoms with E-state index in [0.29, 0.717) is 24.1 Å². The summed E-state index contributed by atoms with van der Waals surface area (Å²) in [5.41, 5.74) is 1.69. The van der Waals surface area contributed by atoms with E-state index in [4.69, 9.17) is 4.74 Å². The lowest BCUT2D eigenvalue weighted by Crippen LogP contribution is -2.49. The molecule has 0 aliphatic carbocycles. The predicted molar refractivity (Wildman–Crippen MR) is 83.4 cm³/mol. The maximum absolute atomic E-state index is 12.2. The van der Waals surface area contributed by atoms with E-state index in [1.807, 2.05) is 31.2 Å². The lowest BCUT2D eigenvalue weighted by Gasteiger charge is -2.44. The van der Waals surface area contributed by atoms with Crippen molar-refractivity contribution in [3.63, 3.8) is 0 Å². The Balaban J connectivity index is 1.59. The van der Waals surface area contributed by atoms with Gasteiger partial charge in [0, 0.05) is 12.0 Å². The van der Waals surface area contributed by atoms with Crippen LogP contribution in [0.25, 0.3) is 0 Å². The lowest BCUT2D eigenvalue weighted by atomic mass is 9.84. The molecular weight excluding hydrogens is 262 g/mol. The van der Waals surface area contributed by atoms with Crippen LogP contribution in [-0.2, 0) is 4.74 Å². The molecule has 2 atom stereocenters. The number of aryl methyl sites for hydroxylation is 1. The summed E-state index contributed by atoms with van der Waals surface area (Å²) in [6, 6.07) is 8.29. The minimum absolute atomic E-state index is 0.166. The minimum Gasteiger partial charge on any atom is -0.462 e. The summed E-state index contributed by atoms with van der Waals surface area (Å²) in [6.45, 7) is 4.99. The summed E-state index contributed by atoms with van der Waals surface area (Å²) >= 11 is 0. The highest BCUT2D eigenvalue weighted by Crippen LogP contribution is 2.31. The molecule has 0 N–H and O–H groups in total. The van der Waals surface area contributed by atoms with E-state index in [1.165, 1.54) is 45.2 Å². The maximum Gasteiger partial charge on any atom is 0.338 e.